The fourth-order valence-corrected chi connectivity index (χ4v) is 2.47. The lowest BCUT2D eigenvalue weighted by molar-refractivity contribution is 0.188. The molecule has 11 heavy (non-hydrogen) atoms. The van der Waals surface area contributed by atoms with Crippen LogP contribution in [-0.4, -0.2) is 28.9 Å². The SMILES string of the molecule is CCS(=N)(=O)CC1CCOC1. The molecule has 1 heterocycles. The van der Waals surface area contributed by atoms with Crippen LogP contribution in [0.1, 0.15) is 13.3 Å². The number of nitrogens with one attached hydrogen (secondary N) is 1. The van der Waals surface area contributed by atoms with Crippen molar-refractivity contribution in [2.24, 2.45) is 5.92 Å². The zero-order valence-corrected chi connectivity index (χ0v) is 7.65. The van der Waals surface area contributed by atoms with Crippen molar-refractivity contribution < 1.29 is 8.95 Å². The number of hydrogen-bond acceptors (Lipinski definition) is 3. The molecule has 3 nitrogen and oxygen atoms in total. The maximum atomic E-state index is 11.3. The molecule has 1 fully saturated rings. The van der Waals surface area contributed by atoms with Crippen LogP contribution in [0.2, 0.25) is 0 Å². The fourth-order valence-electron chi connectivity index (χ4n) is 1.21. The van der Waals surface area contributed by atoms with E-state index < -0.39 is 9.73 Å². The van der Waals surface area contributed by atoms with Gasteiger partial charge in [-0.3, -0.25) is 4.78 Å². The summed E-state index contributed by atoms with van der Waals surface area (Å²) in [6.07, 6.45) is 0.982. The van der Waals surface area contributed by atoms with Crippen molar-refractivity contribution in [3.05, 3.63) is 0 Å². The summed E-state index contributed by atoms with van der Waals surface area (Å²) in [5.41, 5.74) is 0. The van der Waals surface area contributed by atoms with Gasteiger partial charge in [0.25, 0.3) is 0 Å². The maximum Gasteiger partial charge on any atom is 0.0504 e. The summed E-state index contributed by atoms with van der Waals surface area (Å²) in [6.45, 7) is 3.30. The van der Waals surface area contributed by atoms with E-state index in [4.69, 9.17) is 9.52 Å². The first kappa shape index (κ1) is 9.00. The molecule has 0 radical (unpaired) electrons. The molecule has 2 unspecified atom stereocenters. The van der Waals surface area contributed by atoms with Gasteiger partial charge in [0.15, 0.2) is 0 Å². The van der Waals surface area contributed by atoms with E-state index in [0.717, 1.165) is 13.0 Å². The molecule has 0 spiro atoms. The van der Waals surface area contributed by atoms with Crippen LogP contribution in [0, 0.1) is 10.7 Å². The van der Waals surface area contributed by atoms with E-state index in [0.29, 0.717) is 24.0 Å². The van der Waals surface area contributed by atoms with E-state index in [1.807, 2.05) is 6.92 Å². The van der Waals surface area contributed by atoms with Crippen molar-refractivity contribution in [2.45, 2.75) is 13.3 Å². The van der Waals surface area contributed by atoms with Crippen LogP contribution in [-0.2, 0) is 14.5 Å². The molecule has 0 amide bonds. The molecule has 1 saturated heterocycles. The van der Waals surface area contributed by atoms with Crippen LogP contribution in [0.5, 0.6) is 0 Å². The maximum absolute atomic E-state index is 11.3. The van der Waals surface area contributed by atoms with Crippen molar-refractivity contribution in [1.82, 2.24) is 0 Å². The summed E-state index contributed by atoms with van der Waals surface area (Å²) in [4.78, 5) is 0. The van der Waals surface area contributed by atoms with E-state index in [1.165, 1.54) is 0 Å². The van der Waals surface area contributed by atoms with Gasteiger partial charge in [0.2, 0.25) is 0 Å². The standard InChI is InChI=1S/C7H15NO2S/c1-2-11(8,9)6-7-3-4-10-5-7/h7-8H,2-6H2,1H3. The molecular weight excluding hydrogens is 162 g/mol. The highest BCUT2D eigenvalue weighted by molar-refractivity contribution is 7.92. The molecule has 66 valence electrons. The van der Waals surface area contributed by atoms with Gasteiger partial charge in [0.1, 0.15) is 0 Å². The molecule has 1 aliphatic rings. The van der Waals surface area contributed by atoms with E-state index in [9.17, 15) is 4.21 Å². The minimum absolute atomic E-state index is 0.375. The molecule has 0 aliphatic carbocycles. The number of ether oxygens (including phenoxy) is 1. The average molecular weight is 177 g/mol. The van der Waals surface area contributed by atoms with E-state index >= 15 is 0 Å². The summed E-state index contributed by atoms with van der Waals surface area (Å²) in [5, 5.41) is 0. The van der Waals surface area contributed by atoms with Gasteiger partial charge in [-0.15, -0.1) is 0 Å². The van der Waals surface area contributed by atoms with Crippen molar-refractivity contribution in [3.63, 3.8) is 0 Å². The average Bonchev–Trinajstić information content (AvgIpc) is 2.39. The summed E-state index contributed by atoms with van der Waals surface area (Å²) in [7, 11) is -2.28. The molecule has 2 atom stereocenters. The fraction of sp³-hybridized carbons (Fsp3) is 1.00. The second-order valence-corrected chi connectivity index (χ2v) is 5.53. The van der Waals surface area contributed by atoms with Gasteiger partial charge in [-0.2, -0.15) is 0 Å². The zero-order valence-electron chi connectivity index (χ0n) is 6.84. The third-order valence-electron chi connectivity index (χ3n) is 2.00. The van der Waals surface area contributed by atoms with Crippen molar-refractivity contribution in [3.8, 4) is 0 Å². The highest BCUT2D eigenvalue weighted by atomic mass is 32.2. The lowest BCUT2D eigenvalue weighted by atomic mass is 10.2. The minimum atomic E-state index is -2.28. The third kappa shape index (κ3) is 2.79. The Morgan fingerprint density at radius 2 is 2.45 bits per heavy atom. The Labute approximate surface area is 68.1 Å². The molecule has 0 aromatic carbocycles. The second-order valence-electron chi connectivity index (χ2n) is 3.00. The molecule has 0 saturated carbocycles. The predicted octanol–water partition coefficient (Wildman–Crippen LogP) is 1.09. The number of hydrogen-bond donors (Lipinski definition) is 1. The van der Waals surface area contributed by atoms with Gasteiger partial charge in [-0.25, -0.2) is 4.21 Å². The van der Waals surface area contributed by atoms with Gasteiger partial charge in [0, 0.05) is 27.8 Å². The predicted molar refractivity (Wildman–Crippen MR) is 45.2 cm³/mol. The molecule has 1 aliphatic heterocycles. The molecular formula is C7H15NO2S. The largest absolute Gasteiger partial charge is 0.381 e. The topological polar surface area (TPSA) is 50.2 Å². The van der Waals surface area contributed by atoms with E-state index in [-0.39, 0.29) is 0 Å². The highest BCUT2D eigenvalue weighted by Crippen LogP contribution is 2.14. The number of rotatable bonds is 3. The third-order valence-corrected chi connectivity index (χ3v) is 3.94. The van der Waals surface area contributed by atoms with E-state index in [1.54, 1.807) is 0 Å². The minimum Gasteiger partial charge on any atom is -0.381 e. The monoisotopic (exact) mass is 177 g/mol. The van der Waals surface area contributed by atoms with Crippen LogP contribution in [0.15, 0.2) is 0 Å². The van der Waals surface area contributed by atoms with Gasteiger partial charge in [-0.1, -0.05) is 6.92 Å². The lowest BCUT2D eigenvalue weighted by Gasteiger charge is -2.08. The van der Waals surface area contributed by atoms with Crippen LogP contribution in [0.4, 0.5) is 0 Å². The highest BCUT2D eigenvalue weighted by Gasteiger charge is 2.19. The zero-order chi connectivity index (χ0) is 8.32. The summed E-state index contributed by atoms with van der Waals surface area (Å²) in [5.74, 6) is 1.38. The second kappa shape index (κ2) is 3.54. The molecule has 0 aromatic rings. The van der Waals surface area contributed by atoms with Gasteiger partial charge < -0.3 is 4.74 Å². The normalized spacial score (nSPS) is 30.1. The van der Waals surface area contributed by atoms with Crippen LogP contribution in [0.25, 0.3) is 0 Å². The first-order valence-electron chi connectivity index (χ1n) is 3.96. The van der Waals surface area contributed by atoms with Gasteiger partial charge >= 0.3 is 0 Å². The van der Waals surface area contributed by atoms with Crippen molar-refractivity contribution in [1.29, 1.82) is 4.78 Å². The molecule has 1 rings (SSSR count). The first-order chi connectivity index (χ1) is 5.14. The van der Waals surface area contributed by atoms with Crippen LogP contribution >= 0.6 is 0 Å². The summed E-state index contributed by atoms with van der Waals surface area (Å²) in [6, 6.07) is 0. The Morgan fingerprint density at radius 3 is 2.91 bits per heavy atom. The molecule has 0 aromatic heterocycles. The molecule has 1 N–H and O–H groups in total. The molecule has 4 heteroatoms. The lowest BCUT2D eigenvalue weighted by Crippen LogP contribution is -2.16. The van der Waals surface area contributed by atoms with Crippen molar-refractivity contribution >= 4 is 9.73 Å². The Balaban J connectivity index is 2.41. The first-order valence-corrected chi connectivity index (χ1v) is 5.85. The Kier molecular flexibility index (Phi) is 2.90. The van der Waals surface area contributed by atoms with Crippen LogP contribution in [0.3, 0.4) is 0 Å². The quantitative estimate of drug-likeness (QED) is 0.701. The van der Waals surface area contributed by atoms with Gasteiger partial charge in [0.05, 0.1) is 6.61 Å². The van der Waals surface area contributed by atoms with Crippen molar-refractivity contribution in [2.75, 3.05) is 24.7 Å². The summed E-state index contributed by atoms with van der Waals surface area (Å²) >= 11 is 0. The smallest absolute Gasteiger partial charge is 0.0504 e. The van der Waals surface area contributed by atoms with Crippen LogP contribution < -0.4 is 0 Å². The molecule has 0 bridgehead atoms. The Morgan fingerprint density at radius 1 is 1.73 bits per heavy atom. The Bertz CT molecular complexity index is 204. The van der Waals surface area contributed by atoms with E-state index in [2.05, 4.69) is 0 Å². The Hall–Kier alpha value is -0.0900. The van der Waals surface area contributed by atoms with Gasteiger partial charge in [-0.05, 0) is 12.3 Å². The summed E-state index contributed by atoms with van der Waals surface area (Å²) < 4.78 is 23.9.